The van der Waals surface area contributed by atoms with E-state index in [1.54, 1.807) is 0 Å². The van der Waals surface area contributed by atoms with Crippen LogP contribution in [0.15, 0.2) is 4.99 Å². The van der Waals surface area contributed by atoms with Crippen LogP contribution in [0.4, 0.5) is 0 Å². The number of hydrogen-bond acceptors (Lipinski definition) is 8. The van der Waals surface area contributed by atoms with Gasteiger partial charge in [-0.25, -0.2) is 0 Å². The topological polar surface area (TPSA) is 149 Å². The molecule has 0 aromatic heterocycles. The lowest BCUT2D eigenvalue weighted by Crippen LogP contribution is -2.53. The Hall–Kier alpha value is -1.55. The first-order valence-electron chi connectivity index (χ1n) is 5.91. The first kappa shape index (κ1) is 18.4. The monoisotopic (exact) mass is 292 g/mol. The molecule has 0 aromatic carbocycles. The fourth-order valence-electron chi connectivity index (χ4n) is 1.25. The molecule has 116 valence electrons. The summed E-state index contributed by atoms with van der Waals surface area (Å²) in [4.78, 5) is 24.8. The Morgan fingerprint density at radius 2 is 2.10 bits per heavy atom. The van der Waals surface area contributed by atoms with E-state index in [-0.39, 0.29) is 6.29 Å². The third-order valence-electron chi connectivity index (χ3n) is 2.30. The van der Waals surface area contributed by atoms with Crippen molar-refractivity contribution in [3.8, 4) is 0 Å². The number of aliphatic imine (C=N–C) groups is 1. The number of amides is 1. The minimum absolute atomic E-state index is 0.235. The zero-order chi connectivity index (χ0) is 15.5. The Bertz CT molecular complexity index is 318. The van der Waals surface area contributed by atoms with E-state index in [1.165, 1.54) is 6.40 Å². The van der Waals surface area contributed by atoms with E-state index in [0.29, 0.717) is 0 Å². The van der Waals surface area contributed by atoms with Crippen molar-refractivity contribution in [2.24, 2.45) is 4.99 Å². The van der Waals surface area contributed by atoms with Crippen molar-refractivity contribution in [1.82, 2.24) is 5.32 Å². The van der Waals surface area contributed by atoms with Gasteiger partial charge in [0, 0.05) is 6.92 Å². The summed E-state index contributed by atoms with van der Waals surface area (Å²) in [6.45, 7) is 2.00. The summed E-state index contributed by atoms with van der Waals surface area (Å²) >= 11 is 0. The predicted octanol–water partition coefficient (Wildman–Crippen LogP) is -3.19. The van der Waals surface area contributed by atoms with Crippen LogP contribution in [0.1, 0.15) is 6.92 Å². The van der Waals surface area contributed by atoms with E-state index in [2.05, 4.69) is 15.0 Å². The van der Waals surface area contributed by atoms with Crippen LogP contribution in [0.5, 0.6) is 0 Å². The van der Waals surface area contributed by atoms with Crippen LogP contribution in [0.25, 0.3) is 0 Å². The van der Waals surface area contributed by atoms with Crippen LogP contribution in [0, 0.1) is 0 Å². The molecule has 1 amide bonds. The molecule has 0 fully saturated rings. The van der Waals surface area contributed by atoms with Gasteiger partial charge >= 0.3 is 0 Å². The molecule has 0 radical (unpaired) electrons. The minimum atomic E-state index is -1.71. The number of ether oxygens (including phenoxy) is 1. The number of carbonyl (C=O) groups excluding carboxylic acids is 2. The zero-order valence-electron chi connectivity index (χ0n) is 11.0. The lowest BCUT2D eigenvalue weighted by molar-refractivity contribution is -0.129. The lowest BCUT2D eigenvalue weighted by atomic mass is 10.0. The number of rotatable bonds is 6. The number of carbonyl (C=O) groups is 2. The zero-order valence-corrected chi connectivity index (χ0v) is 11.0. The SMILES string of the molecule is C1=NCCO1.CC(=O)N[C@@H](C=O)[C@@H](O)[C@H](O)[C@H](O)CO. The summed E-state index contributed by atoms with van der Waals surface area (Å²) in [5, 5.41) is 38.2. The summed E-state index contributed by atoms with van der Waals surface area (Å²) in [6.07, 6.45) is -3.24. The average molecular weight is 292 g/mol. The van der Waals surface area contributed by atoms with Crippen molar-refractivity contribution in [1.29, 1.82) is 0 Å². The molecular weight excluding hydrogens is 272 g/mol. The normalized spacial score (nSPS) is 18.9. The highest BCUT2D eigenvalue weighted by atomic mass is 16.5. The Morgan fingerprint density at radius 1 is 1.45 bits per heavy atom. The highest BCUT2D eigenvalue weighted by Crippen LogP contribution is 2.03. The standard InChI is InChI=1S/C8H15NO6.C3H5NO/c1-4(12)9-5(2-10)7(14)8(15)6(13)3-11;1-2-5-3-4-1/h2,5-8,11,13-15H,3H2,1H3,(H,9,12);3H,1-2H2/t5-,6+,7+,8+;/m0./s1. The van der Waals surface area contributed by atoms with E-state index in [9.17, 15) is 19.8 Å². The highest BCUT2D eigenvalue weighted by molar-refractivity contribution is 5.77. The Kier molecular flexibility index (Phi) is 9.47. The summed E-state index contributed by atoms with van der Waals surface area (Å²) < 4.78 is 4.65. The molecule has 0 aromatic rings. The third-order valence-corrected chi connectivity index (χ3v) is 2.30. The van der Waals surface area contributed by atoms with E-state index in [4.69, 9.17) is 10.2 Å². The van der Waals surface area contributed by atoms with Gasteiger partial charge in [0.15, 0.2) is 6.40 Å². The second-order valence-corrected chi connectivity index (χ2v) is 3.98. The molecule has 0 aliphatic carbocycles. The van der Waals surface area contributed by atoms with Crippen LogP contribution in [-0.4, -0.2) is 83.1 Å². The second-order valence-electron chi connectivity index (χ2n) is 3.98. The molecule has 0 bridgehead atoms. The fourth-order valence-corrected chi connectivity index (χ4v) is 1.25. The molecule has 9 nitrogen and oxygen atoms in total. The van der Waals surface area contributed by atoms with Gasteiger partial charge in [-0.05, 0) is 0 Å². The molecule has 1 aliphatic rings. The molecule has 0 unspecified atom stereocenters. The second kappa shape index (κ2) is 10.3. The first-order valence-corrected chi connectivity index (χ1v) is 5.91. The van der Waals surface area contributed by atoms with Crippen molar-refractivity contribution in [2.75, 3.05) is 19.8 Å². The van der Waals surface area contributed by atoms with Gasteiger partial charge in [-0.2, -0.15) is 0 Å². The molecule has 0 saturated carbocycles. The Morgan fingerprint density at radius 3 is 2.40 bits per heavy atom. The van der Waals surface area contributed by atoms with E-state index < -0.39 is 36.9 Å². The maximum Gasteiger partial charge on any atom is 0.217 e. The number of aliphatic hydroxyl groups is 4. The number of aldehydes is 1. The average Bonchev–Trinajstić information content (AvgIpc) is 3.01. The van der Waals surface area contributed by atoms with E-state index >= 15 is 0 Å². The van der Waals surface area contributed by atoms with Gasteiger partial charge in [0.1, 0.15) is 37.2 Å². The maximum atomic E-state index is 10.6. The molecule has 1 heterocycles. The summed E-state index contributed by atoms with van der Waals surface area (Å²) in [6, 6.07) is -1.32. The number of aliphatic hydroxyl groups excluding tert-OH is 4. The Labute approximate surface area is 115 Å². The van der Waals surface area contributed by atoms with E-state index in [1.807, 2.05) is 0 Å². The third kappa shape index (κ3) is 7.14. The van der Waals surface area contributed by atoms with Crippen molar-refractivity contribution in [3.63, 3.8) is 0 Å². The van der Waals surface area contributed by atoms with Gasteiger partial charge in [0.05, 0.1) is 13.2 Å². The summed E-state index contributed by atoms with van der Waals surface area (Å²) in [5.74, 6) is -0.558. The van der Waals surface area contributed by atoms with Gasteiger partial charge in [-0.3, -0.25) is 9.79 Å². The molecule has 0 saturated heterocycles. The Balaban J connectivity index is 0.000000595. The molecule has 1 rings (SSSR count). The van der Waals surface area contributed by atoms with Crippen LogP contribution >= 0.6 is 0 Å². The molecule has 4 atom stereocenters. The van der Waals surface area contributed by atoms with Crippen LogP contribution in [-0.2, 0) is 14.3 Å². The first-order chi connectivity index (χ1) is 9.43. The molecular formula is C11H20N2O7. The molecule has 9 heteroatoms. The van der Waals surface area contributed by atoms with E-state index in [0.717, 1.165) is 20.1 Å². The highest BCUT2D eigenvalue weighted by Gasteiger charge is 2.31. The molecule has 1 aliphatic heterocycles. The molecule has 0 spiro atoms. The predicted molar refractivity (Wildman–Crippen MR) is 68.1 cm³/mol. The van der Waals surface area contributed by atoms with Crippen LogP contribution in [0.2, 0.25) is 0 Å². The van der Waals surface area contributed by atoms with Gasteiger partial charge in [-0.1, -0.05) is 0 Å². The van der Waals surface area contributed by atoms with Gasteiger partial charge in [0.25, 0.3) is 0 Å². The quantitative estimate of drug-likeness (QED) is 0.324. The lowest BCUT2D eigenvalue weighted by Gasteiger charge is -2.25. The van der Waals surface area contributed by atoms with Crippen LogP contribution < -0.4 is 5.32 Å². The van der Waals surface area contributed by atoms with Gasteiger partial charge < -0.3 is 35.3 Å². The summed E-state index contributed by atoms with van der Waals surface area (Å²) in [5.41, 5.74) is 0. The number of nitrogens with one attached hydrogen (secondary N) is 1. The van der Waals surface area contributed by atoms with Crippen molar-refractivity contribution >= 4 is 18.6 Å². The van der Waals surface area contributed by atoms with Gasteiger partial charge in [-0.15, -0.1) is 0 Å². The fraction of sp³-hybridized carbons (Fsp3) is 0.727. The minimum Gasteiger partial charge on any atom is -0.482 e. The van der Waals surface area contributed by atoms with Crippen molar-refractivity contribution in [2.45, 2.75) is 31.3 Å². The smallest absolute Gasteiger partial charge is 0.217 e. The number of hydrogen-bond donors (Lipinski definition) is 5. The molecule has 20 heavy (non-hydrogen) atoms. The largest absolute Gasteiger partial charge is 0.482 e. The summed E-state index contributed by atoms with van der Waals surface area (Å²) in [7, 11) is 0. The maximum absolute atomic E-state index is 10.6. The van der Waals surface area contributed by atoms with Crippen molar-refractivity contribution < 1.29 is 34.8 Å². The molecule has 5 N–H and O–H groups in total. The van der Waals surface area contributed by atoms with Gasteiger partial charge in [0.2, 0.25) is 5.91 Å². The van der Waals surface area contributed by atoms with Crippen LogP contribution in [0.3, 0.4) is 0 Å². The number of nitrogens with zero attached hydrogens (tertiary/aromatic N) is 1. The van der Waals surface area contributed by atoms with Crippen molar-refractivity contribution in [3.05, 3.63) is 0 Å².